The first kappa shape index (κ1) is 28.4. The number of hydrogen-bond acceptors (Lipinski definition) is 5. The van der Waals surface area contributed by atoms with Crippen LogP contribution in [0.2, 0.25) is 0 Å². The Morgan fingerprint density at radius 1 is 0.800 bits per heavy atom. The van der Waals surface area contributed by atoms with Crippen LogP contribution in [-0.4, -0.2) is 31.6 Å². The average molecular weight is 539 g/mol. The van der Waals surface area contributed by atoms with Crippen LogP contribution in [0.25, 0.3) is 0 Å². The molecule has 4 aromatic carbocycles. The molecule has 0 aliphatic carbocycles. The quantitative estimate of drug-likeness (QED) is 0.220. The van der Waals surface area contributed by atoms with Crippen molar-refractivity contribution in [1.29, 1.82) is 0 Å². The van der Waals surface area contributed by atoms with Gasteiger partial charge in [-0.25, -0.2) is 0 Å². The number of methoxy groups -OCH3 is 1. The molecule has 0 radical (unpaired) electrons. The summed E-state index contributed by atoms with van der Waals surface area (Å²) >= 11 is 0. The first-order valence-electron chi connectivity index (χ1n) is 13.2. The van der Waals surface area contributed by atoms with Crippen LogP contribution in [0.5, 0.6) is 17.2 Å². The average Bonchev–Trinajstić information content (AvgIpc) is 2.98. The predicted molar refractivity (Wildman–Crippen MR) is 156 cm³/mol. The lowest BCUT2D eigenvalue weighted by Gasteiger charge is -2.19. The van der Waals surface area contributed by atoms with Gasteiger partial charge in [0.15, 0.2) is 0 Å². The Bertz CT molecular complexity index is 1380. The van der Waals surface area contributed by atoms with Crippen LogP contribution in [0.4, 0.5) is 5.69 Å². The fourth-order valence-corrected chi connectivity index (χ4v) is 4.13. The Hall–Kier alpha value is -4.62. The number of nitrogens with one attached hydrogen (secondary N) is 2. The minimum Gasteiger partial charge on any atom is -0.496 e. The highest BCUT2D eigenvalue weighted by Crippen LogP contribution is 2.23. The summed E-state index contributed by atoms with van der Waals surface area (Å²) in [6.45, 7) is 2.38. The molecule has 7 heteroatoms. The van der Waals surface area contributed by atoms with Crippen LogP contribution >= 0.6 is 0 Å². The molecule has 0 saturated heterocycles. The molecular weight excluding hydrogens is 504 g/mol. The van der Waals surface area contributed by atoms with Crippen LogP contribution in [0.3, 0.4) is 0 Å². The highest BCUT2D eigenvalue weighted by molar-refractivity contribution is 5.97. The number of carbonyl (C=O) groups excluding carboxylic acids is 2. The van der Waals surface area contributed by atoms with Gasteiger partial charge in [-0.15, -0.1) is 0 Å². The third-order valence-corrected chi connectivity index (χ3v) is 6.25. The molecule has 0 aliphatic heterocycles. The molecule has 1 unspecified atom stereocenters. The molecule has 0 fully saturated rings. The Balaban J connectivity index is 1.40. The Morgan fingerprint density at radius 3 is 2.15 bits per heavy atom. The van der Waals surface area contributed by atoms with Gasteiger partial charge in [0.25, 0.3) is 0 Å². The number of anilines is 1. The molecule has 0 aliphatic rings. The molecule has 1 atom stereocenters. The summed E-state index contributed by atoms with van der Waals surface area (Å²) < 4.78 is 17.1. The van der Waals surface area contributed by atoms with Crippen molar-refractivity contribution in [1.82, 2.24) is 5.32 Å². The maximum atomic E-state index is 13.2. The van der Waals surface area contributed by atoms with E-state index in [-0.39, 0.29) is 24.8 Å². The van der Waals surface area contributed by atoms with Crippen molar-refractivity contribution in [2.75, 3.05) is 19.0 Å². The van der Waals surface area contributed by atoms with E-state index in [1.54, 1.807) is 31.4 Å². The lowest BCUT2D eigenvalue weighted by Crippen LogP contribution is -2.47. The fourth-order valence-electron chi connectivity index (χ4n) is 4.13. The van der Waals surface area contributed by atoms with E-state index >= 15 is 0 Å². The molecule has 4 rings (SSSR count). The van der Waals surface area contributed by atoms with Crippen molar-refractivity contribution in [2.24, 2.45) is 0 Å². The number of benzene rings is 4. The summed E-state index contributed by atoms with van der Waals surface area (Å²) in [5, 5.41) is 5.72. The molecule has 206 valence electrons. The smallest absolute Gasteiger partial charge is 0.249 e. The third kappa shape index (κ3) is 8.44. The first-order chi connectivity index (χ1) is 19.5. The van der Waals surface area contributed by atoms with Gasteiger partial charge in [-0.2, -0.15) is 0 Å². The van der Waals surface area contributed by atoms with Crippen LogP contribution in [0.15, 0.2) is 103 Å². The number of rotatable bonds is 13. The van der Waals surface area contributed by atoms with Crippen LogP contribution in [0, 0.1) is 0 Å². The molecule has 7 nitrogen and oxygen atoms in total. The topological polar surface area (TPSA) is 85.9 Å². The van der Waals surface area contributed by atoms with E-state index in [0.29, 0.717) is 18.0 Å². The number of hydrogen-bond donors (Lipinski definition) is 2. The van der Waals surface area contributed by atoms with Gasteiger partial charge in [0.2, 0.25) is 11.8 Å². The van der Waals surface area contributed by atoms with Gasteiger partial charge < -0.3 is 24.8 Å². The summed E-state index contributed by atoms with van der Waals surface area (Å²) in [6, 6.07) is 31.0. The first-order valence-corrected chi connectivity index (χ1v) is 13.2. The Labute approximate surface area is 235 Å². The van der Waals surface area contributed by atoms with E-state index in [1.807, 2.05) is 85.8 Å². The lowest BCUT2D eigenvalue weighted by atomic mass is 10.1. The van der Waals surface area contributed by atoms with Crippen molar-refractivity contribution in [3.05, 3.63) is 120 Å². The normalized spacial score (nSPS) is 11.3. The van der Waals surface area contributed by atoms with E-state index in [9.17, 15) is 9.59 Å². The molecular formula is C33H34N2O5. The molecule has 0 saturated carbocycles. The maximum Gasteiger partial charge on any atom is 0.249 e. The zero-order valence-electron chi connectivity index (χ0n) is 22.8. The molecule has 0 aromatic heterocycles. The largest absolute Gasteiger partial charge is 0.496 e. The second-order valence-electron chi connectivity index (χ2n) is 9.23. The van der Waals surface area contributed by atoms with E-state index in [4.69, 9.17) is 14.2 Å². The molecule has 0 spiro atoms. The van der Waals surface area contributed by atoms with Gasteiger partial charge in [0, 0.05) is 5.69 Å². The van der Waals surface area contributed by atoms with Crippen LogP contribution in [-0.2, 0) is 33.8 Å². The summed E-state index contributed by atoms with van der Waals surface area (Å²) in [4.78, 5) is 26.2. The summed E-state index contributed by atoms with van der Waals surface area (Å²) in [7, 11) is 1.61. The van der Waals surface area contributed by atoms with Gasteiger partial charge in [-0.3, -0.25) is 9.59 Å². The van der Waals surface area contributed by atoms with Gasteiger partial charge in [0.1, 0.15) is 23.3 Å². The van der Waals surface area contributed by atoms with Gasteiger partial charge >= 0.3 is 0 Å². The molecule has 0 bridgehead atoms. The van der Waals surface area contributed by atoms with E-state index < -0.39 is 6.04 Å². The minimum absolute atomic E-state index is 0.0137. The van der Waals surface area contributed by atoms with E-state index in [2.05, 4.69) is 10.6 Å². The van der Waals surface area contributed by atoms with Gasteiger partial charge in [0.05, 0.1) is 26.7 Å². The number of ether oxygens (including phenoxy) is 3. The van der Waals surface area contributed by atoms with Crippen molar-refractivity contribution in [3.63, 3.8) is 0 Å². The zero-order valence-corrected chi connectivity index (χ0v) is 22.8. The lowest BCUT2D eigenvalue weighted by molar-refractivity contribution is -0.127. The Kier molecular flexibility index (Phi) is 10.3. The molecule has 0 heterocycles. The molecule has 40 heavy (non-hydrogen) atoms. The number of aryl methyl sites for hydroxylation is 1. The van der Waals surface area contributed by atoms with Crippen molar-refractivity contribution in [2.45, 2.75) is 32.4 Å². The van der Waals surface area contributed by atoms with Crippen LogP contribution < -0.4 is 20.1 Å². The molecule has 2 amide bonds. The maximum absolute atomic E-state index is 13.2. The zero-order chi connectivity index (χ0) is 28.2. The second-order valence-corrected chi connectivity index (χ2v) is 9.23. The fraction of sp³-hybridized carbons (Fsp3) is 0.212. The summed E-state index contributed by atoms with van der Waals surface area (Å²) in [6.07, 6.45) is 0.935. The highest BCUT2D eigenvalue weighted by atomic mass is 16.5. The minimum atomic E-state index is -0.895. The van der Waals surface area contributed by atoms with E-state index in [1.165, 1.54) is 0 Å². The SMILES string of the molecule is CCc1ccc(CC(=O)NC(COCc2ccccc2)C(=O)Nc2ccc(Oc3ccccc3)cc2)cc1OC. The third-order valence-electron chi connectivity index (χ3n) is 6.25. The molecule has 4 aromatic rings. The highest BCUT2D eigenvalue weighted by Gasteiger charge is 2.22. The monoisotopic (exact) mass is 538 g/mol. The van der Waals surface area contributed by atoms with Crippen molar-refractivity contribution >= 4 is 17.5 Å². The second kappa shape index (κ2) is 14.5. The standard InChI is InChI=1S/C33H34N2O5/c1-3-26-15-14-25(20-31(26)38-2)21-32(36)35-30(23-39-22-24-10-6-4-7-11-24)33(37)34-27-16-18-29(19-17-27)40-28-12-8-5-9-13-28/h4-20,30H,3,21-23H2,1-2H3,(H,34,37)(H,35,36). The van der Waals surface area contributed by atoms with Crippen molar-refractivity contribution in [3.8, 4) is 17.2 Å². The molecule has 2 N–H and O–H groups in total. The van der Waals surface area contributed by atoms with E-state index in [0.717, 1.165) is 34.6 Å². The summed E-state index contributed by atoms with van der Waals surface area (Å²) in [5.41, 5.74) is 3.42. The number of amides is 2. The number of carbonyl (C=O) groups is 2. The summed E-state index contributed by atoms with van der Waals surface area (Å²) in [5.74, 6) is 1.44. The van der Waals surface area contributed by atoms with Crippen LogP contribution in [0.1, 0.15) is 23.6 Å². The number of para-hydroxylation sites is 1. The Morgan fingerprint density at radius 2 is 1.48 bits per heavy atom. The van der Waals surface area contributed by atoms with Gasteiger partial charge in [-0.1, -0.05) is 67.6 Å². The predicted octanol–water partition coefficient (Wildman–Crippen LogP) is 5.93. The van der Waals surface area contributed by atoms with Gasteiger partial charge in [-0.05, 0) is 65.6 Å². The van der Waals surface area contributed by atoms with Crippen molar-refractivity contribution < 1.29 is 23.8 Å².